The van der Waals surface area contributed by atoms with Crippen molar-refractivity contribution in [2.45, 2.75) is 37.6 Å². The van der Waals surface area contributed by atoms with Gasteiger partial charge >= 0.3 is 12.1 Å². The van der Waals surface area contributed by atoms with Crippen LogP contribution in [-0.2, 0) is 10.9 Å². The summed E-state index contributed by atoms with van der Waals surface area (Å²) < 4.78 is 47.6. The Hall–Kier alpha value is -2.42. The average molecular weight is 367 g/mol. The van der Waals surface area contributed by atoms with Gasteiger partial charge in [-0.2, -0.15) is 18.2 Å². The molecule has 0 spiro atoms. The number of halogens is 3. The number of rotatable bonds is 2. The Morgan fingerprint density at radius 1 is 1.19 bits per heavy atom. The van der Waals surface area contributed by atoms with E-state index in [1.807, 2.05) is 4.90 Å². The first-order valence-electron chi connectivity index (χ1n) is 8.37. The fourth-order valence-corrected chi connectivity index (χ4v) is 3.56. The number of morpholine rings is 1. The molecule has 4 rings (SSSR count). The molecule has 26 heavy (non-hydrogen) atoms. The Balaban J connectivity index is 1.52. The number of fused-ring (bicyclic) bond motifs is 1. The number of alkyl halides is 3. The van der Waals surface area contributed by atoms with Crippen LogP contribution < -0.4 is 0 Å². The zero-order valence-electron chi connectivity index (χ0n) is 13.7. The topological polar surface area (TPSA) is 68.5 Å². The Bertz CT molecular complexity index is 804. The molecule has 2 fully saturated rings. The van der Waals surface area contributed by atoms with Crippen LogP contribution in [0.1, 0.15) is 35.5 Å². The maximum Gasteiger partial charge on any atom is 0.471 e. The lowest BCUT2D eigenvalue weighted by Gasteiger charge is -2.37. The Kier molecular flexibility index (Phi) is 4.18. The second kappa shape index (κ2) is 6.39. The van der Waals surface area contributed by atoms with Crippen molar-refractivity contribution < 1.29 is 27.2 Å². The number of nitrogens with zero attached hydrogens (tertiary/aromatic N) is 3. The third kappa shape index (κ3) is 3.07. The van der Waals surface area contributed by atoms with E-state index in [-0.39, 0.29) is 23.9 Å². The maximum atomic E-state index is 12.8. The van der Waals surface area contributed by atoms with Crippen molar-refractivity contribution in [1.29, 1.82) is 0 Å². The molecule has 1 saturated carbocycles. The van der Waals surface area contributed by atoms with Crippen LogP contribution in [0.4, 0.5) is 13.2 Å². The largest absolute Gasteiger partial charge is 0.471 e. The summed E-state index contributed by atoms with van der Waals surface area (Å²) in [5.74, 6) is -1.66. The highest BCUT2D eigenvalue weighted by Gasteiger charge is 2.39. The highest BCUT2D eigenvalue weighted by atomic mass is 19.4. The summed E-state index contributed by atoms with van der Waals surface area (Å²) >= 11 is 0. The summed E-state index contributed by atoms with van der Waals surface area (Å²) in [5, 5.41) is 3.34. The monoisotopic (exact) mass is 367 g/mol. The SMILES string of the molecule is O=C(c1ccc(-c2noc(C(F)(F)F)n2)cc1)N1CCO[C@H]2CCC[C@@H]21. The Morgan fingerprint density at radius 2 is 1.96 bits per heavy atom. The van der Waals surface area contributed by atoms with Gasteiger partial charge in [-0.15, -0.1) is 0 Å². The minimum atomic E-state index is -4.69. The van der Waals surface area contributed by atoms with Crippen LogP contribution in [0, 0.1) is 0 Å². The van der Waals surface area contributed by atoms with Gasteiger partial charge in [0.05, 0.1) is 18.8 Å². The highest BCUT2D eigenvalue weighted by molar-refractivity contribution is 5.95. The van der Waals surface area contributed by atoms with E-state index in [2.05, 4.69) is 14.7 Å². The Labute approximate surface area is 146 Å². The number of carbonyl (C=O) groups is 1. The molecule has 2 atom stereocenters. The molecule has 0 unspecified atom stereocenters. The van der Waals surface area contributed by atoms with Crippen molar-refractivity contribution in [2.75, 3.05) is 13.2 Å². The molecule has 1 aromatic carbocycles. The molecule has 1 aromatic heterocycles. The molecule has 2 aromatic rings. The Morgan fingerprint density at radius 3 is 2.65 bits per heavy atom. The van der Waals surface area contributed by atoms with E-state index in [1.54, 1.807) is 12.1 Å². The van der Waals surface area contributed by atoms with Gasteiger partial charge in [0.2, 0.25) is 5.82 Å². The summed E-state index contributed by atoms with van der Waals surface area (Å²) in [6.07, 6.45) is -1.65. The van der Waals surface area contributed by atoms with Gasteiger partial charge in [0.15, 0.2) is 0 Å². The molecule has 2 heterocycles. The number of hydrogen-bond acceptors (Lipinski definition) is 5. The molecular formula is C17H16F3N3O3. The van der Waals surface area contributed by atoms with E-state index < -0.39 is 12.1 Å². The molecule has 1 aliphatic carbocycles. The molecule has 6 nitrogen and oxygen atoms in total. The lowest BCUT2D eigenvalue weighted by atomic mass is 10.1. The van der Waals surface area contributed by atoms with Crippen molar-refractivity contribution in [1.82, 2.24) is 15.0 Å². The van der Waals surface area contributed by atoms with Crippen LogP contribution in [0.3, 0.4) is 0 Å². The first-order chi connectivity index (χ1) is 12.4. The standard InChI is InChI=1S/C17H16F3N3O3/c18-17(19,20)16-21-14(22-26-16)10-4-6-11(7-5-10)15(24)23-8-9-25-13-3-1-2-12(13)23/h4-7,12-13H,1-3,8-9H2/t12-,13-/m0/s1. The minimum Gasteiger partial charge on any atom is -0.374 e. The van der Waals surface area contributed by atoms with E-state index in [1.165, 1.54) is 12.1 Å². The molecule has 0 N–H and O–H groups in total. The molecule has 1 saturated heterocycles. The van der Waals surface area contributed by atoms with Gasteiger partial charge in [0, 0.05) is 17.7 Å². The van der Waals surface area contributed by atoms with Crippen molar-refractivity contribution >= 4 is 5.91 Å². The summed E-state index contributed by atoms with van der Waals surface area (Å²) in [6.45, 7) is 1.07. The zero-order valence-corrected chi connectivity index (χ0v) is 13.7. The van der Waals surface area contributed by atoms with Crippen LogP contribution in [0.25, 0.3) is 11.4 Å². The third-order valence-corrected chi connectivity index (χ3v) is 4.80. The van der Waals surface area contributed by atoms with Gasteiger partial charge in [-0.1, -0.05) is 17.3 Å². The van der Waals surface area contributed by atoms with Crippen molar-refractivity contribution in [3.63, 3.8) is 0 Å². The lowest BCUT2D eigenvalue weighted by molar-refractivity contribution is -0.159. The number of benzene rings is 1. The first-order valence-corrected chi connectivity index (χ1v) is 8.37. The number of aromatic nitrogens is 2. The van der Waals surface area contributed by atoms with E-state index in [0.717, 1.165) is 19.3 Å². The van der Waals surface area contributed by atoms with Gasteiger partial charge < -0.3 is 14.2 Å². The second-order valence-electron chi connectivity index (χ2n) is 6.40. The summed E-state index contributed by atoms with van der Waals surface area (Å²) in [4.78, 5) is 18.0. The smallest absolute Gasteiger partial charge is 0.374 e. The van der Waals surface area contributed by atoms with Gasteiger partial charge in [-0.25, -0.2) is 0 Å². The van der Waals surface area contributed by atoms with Crippen molar-refractivity contribution in [3.8, 4) is 11.4 Å². The van der Waals surface area contributed by atoms with E-state index in [4.69, 9.17) is 4.74 Å². The fourth-order valence-electron chi connectivity index (χ4n) is 3.56. The predicted octanol–water partition coefficient (Wildman–Crippen LogP) is 3.15. The number of ether oxygens (including phenoxy) is 1. The van der Waals surface area contributed by atoms with Gasteiger partial charge in [-0.3, -0.25) is 4.79 Å². The fraction of sp³-hybridized carbons (Fsp3) is 0.471. The summed E-state index contributed by atoms with van der Waals surface area (Å²) in [5.41, 5.74) is 0.822. The second-order valence-corrected chi connectivity index (χ2v) is 6.40. The average Bonchev–Trinajstić information content (AvgIpc) is 3.30. The lowest BCUT2D eigenvalue weighted by Crippen LogP contribution is -2.51. The van der Waals surface area contributed by atoms with Gasteiger partial charge in [0.1, 0.15) is 0 Å². The highest BCUT2D eigenvalue weighted by Crippen LogP contribution is 2.31. The van der Waals surface area contributed by atoms with Crippen LogP contribution in [0.2, 0.25) is 0 Å². The van der Waals surface area contributed by atoms with E-state index in [0.29, 0.717) is 24.3 Å². The normalized spacial score (nSPS) is 23.1. The molecule has 138 valence electrons. The molecule has 2 aliphatic rings. The predicted molar refractivity (Wildman–Crippen MR) is 83.2 cm³/mol. The number of amides is 1. The molecular weight excluding hydrogens is 351 g/mol. The van der Waals surface area contributed by atoms with Crippen LogP contribution in [-0.4, -0.2) is 46.2 Å². The minimum absolute atomic E-state index is 0.0964. The summed E-state index contributed by atoms with van der Waals surface area (Å²) in [7, 11) is 0. The number of hydrogen-bond donors (Lipinski definition) is 0. The van der Waals surface area contributed by atoms with Crippen LogP contribution in [0.15, 0.2) is 28.8 Å². The van der Waals surface area contributed by atoms with Crippen molar-refractivity contribution in [3.05, 3.63) is 35.7 Å². The van der Waals surface area contributed by atoms with Crippen LogP contribution in [0.5, 0.6) is 0 Å². The van der Waals surface area contributed by atoms with Crippen LogP contribution >= 0.6 is 0 Å². The van der Waals surface area contributed by atoms with Gasteiger partial charge in [0.25, 0.3) is 5.91 Å². The molecule has 0 bridgehead atoms. The third-order valence-electron chi connectivity index (χ3n) is 4.80. The molecule has 1 amide bonds. The molecule has 1 aliphatic heterocycles. The van der Waals surface area contributed by atoms with E-state index in [9.17, 15) is 18.0 Å². The quantitative estimate of drug-likeness (QED) is 0.816. The maximum absolute atomic E-state index is 12.8. The molecule has 0 radical (unpaired) electrons. The summed E-state index contributed by atoms with van der Waals surface area (Å²) in [6, 6.07) is 6.28. The first kappa shape index (κ1) is 17.0. The van der Waals surface area contributed by atoms with Crippen molar-refractivity contribution in [2.24, 2.45) is 0 Å². The number of carbonyl (C=O) groups excluding carboxylic acids is 1. The molecule has 9 heteroatoms. The zero-order chi connectivity index (χ0) is 18.3. The van der Waals surface area contributed by atoms with E-state index >= 15 is 0 Å². The van der Waals surface area contributed by atoms with Gasteiger partial charge in [-0.05, 0) is 31.4 Å².